The molecule has 3 nitrogen and oxygen atoms in total. The van der Waals surface area contributed by atoms with Crippen molar-refractivity contribution < 1.29 is 9.13 Å². The van der Waals surface area contributed by atoms with Crippen molar-refractivity contribution in [2.75, 3.05) is 13.2 Å². The maximum atomic E-state index is 13.1. The van der Waals surface area contributed by atoms with E-state index in [9.17, 15) is 4.39 Å². The van der Waals surface area contributed by atoms with E-state index in [0.717, 1.165) is 16.5 Å². The highest BCUT2D eigenvalue weighted by Gasteiger charge is 2.11. The zero-order valence-electron chi connectivity index (χ0n) is 9.88. The summed E-state index contributed by atoms with van der Waals surface area (Å²) >= 11 is 3.39. The first kappa shape index (κ1) is 14.6. The summed E-state index contributed by atoms with van der Waals surface area (Å²) in [4.78, 5) is 0. The van der Waals surface area contributed by atoms with Crippen LogP contribution >= 0.6 is 15.9 Å². The lowest BCUT2D eigenvalue weighted by molar-refractivity contribution is 0.112. The molecule has 0 bridgehead atoms. The Hall–Kier alpha value is -0.490. The van der Waals surface area contributed by atoms with Crippen molar-refractivity contribution in [3.8, 4) is 0 Å². The molecule has 0 heterocycles. The van der Waals surface area contributed by atoms with Crippen molar-refractivity contribution in [2.24, 2.45) is 5.84 Å². The van der Waals surface area contributed by atoms with Crippen LogP contribution in [-0.4, -0.2) is 19.3 Å². The zero-order valence-corrected chi connectivity index (χ0v) is 11.5. The Labute approximate surface area is 110 Å². The van der Waals surface area contributed by atoms with Crippen LogP contribution in [0.5, 0.6) is 0 Å². The Balaban J connectivity index is 2.57. The van der Waals surface area contributed by atoms with E-state index < -0.39 is 0 Å². The number of benzene rings is 1. The third-order valence-corrected chi connectivity index (χ3v) is 3.15. The van der Waals surface area contributed by atoms with Gasteiger partial charge < -0.3 is 4.74 Å². The van der Waals surface area contributed by atoms with Gasteiger partial charge in [-0.25, -0.2) is 4.39 Å². The molecule has 3 N–H and O–H groups in total. The maximum absolute atomic E-state index is 13.1. The van der Waals surface area contributed by atoms with E-state index in [1.54, 1.807) is 6.07 Å². The molecule has 0 saturated heterocycles. The minimum absolute atomic E-state index is 0.0142. The summed E-state index contributed by atoms with van der Waals surface area (Å²) in [5.74, 6) is 5.21. The van der Waals surface area contributed by atoms with Crippen LogP contribution < -0.4 is 11.3 Å². The minimum atomic E-state index is -0.242. The molecule has 1 aromatic carbocycles. The third-order valence-electron chi connectivity index (χ3n) is 2.38. The van der Waals surface area contributed by atoms with Crippen LogP contribution in [0.4, 0.5) is 4.39 Å². The number of hydrogen-bond donors (Lipinski definition) is 2. The van der Waals surface area contributed by atoms with Crippen LogP contribution in [0.1, 0.15) is 18.9 Å². The molecule has 0 saturated carbocycles. The SMILES string of the molecule is CCCOCC(Cc1cc(F)ccc1Br)NN. The van der Waals surface area contributed by atoms with E-state index in [1.165, 1.54) is 12.1 Å². The Bertz CT molecular complexity index is 349. The summed E-state index contributed by atoms with van der Waals surface area (Å²) in [5, 5.41) is 0. The summed E-state index contributed by atoms with van der Waals surface area (Å²) < 4.78 is 19.4. The Morgan fingerprint density at radius 1 is 1.53 bits per heavy atom. The number of nitrogens with two attached hydrogens (primary N) is 1. The molecule has 1 unspecified atom stereocenters. The van der Waals surface area contributed by atoms with E-state index in [0.29, 0.717) is 19.6 Å². The van der Waals surface area contributed by atoms with Crippen LogP contribution in [0, 0.1) is 5.82 Å². The van der Waals surface area contributed by atoms with Gasteiger partial charge in [0.15, 0.2) is 0 Å². The molecular weight excluding hydrogens is 287 g/mol. The molecule has 0 fully saturated rings. The third kappa shape index (κ3) is 5.12. The molecule has 0 aliphatic rings. The van der Waals surface area contributed by atoms with Gasteiger partial charge in [0, 0.05) is 17.1 Å². The summed E-state index contributed by atoms with van der Waals surface area (Å²) in [6.45, 7) is 3.28. The Morgan fingerprint density at radius 3 is 2.94 bits per heavy atom. The van der Waals surface area contributed by atoms with Gasteiger partial charge in [0.05, 0.1) is 6.61 Å². The predicted octanol–water partition coefficient (Wildman–Crippen LogP) is 2.39. The van der Waals surface area contributed by atoms with E-state index in [1.807, 2.05) is 6.92 Å². The van der Waals surface area contributed by atoms with Gasteiger partial charge in [-0.2, -0.15) is 0 Å². The van der Waals surface area contributed by atoms with E-state index >= 15 is 0 Å². The number of nitrogens with one attached hydrogen (secondary N) is 1. The van der Waals surface area contributed by atoms with Crippen molar-refractivity contribution in [1.82, 2.24) is 5.43 Å². The fourth-order valence-electron chi connectivity index (χ4n) is 1.50. The molecule has 1 atom stereocenters. The van der Waals surface area contributed by atoms with Crippen LogP contribution in [-0.2, 0) is 11.2 Å². The number of hydrazine groups is 1. The lowest BCUT2D eigenvalue weighted by Crippen LogP contribution is -2.40. The van der Waals surface area contributed by atoms with E-state index in [2.05, 4.69) is 21.4 Å². The molecule has 0 aromatic heterocycles. The summed E-state index contributed by atoms with van der Waals surface area (Å²) in [6.07, 6.45) is 1.60. The number of halogens is 2. The number of ether oxygens (including phenoxy) is 1. The molecule has 0 aliphatic carbocycles. The first-order valence-corrected chi connectivity index (χ1v) is 6.44. The van der Waals surface area contributed by atoms with Crippen LogP contribution in [0.2, 0.25) is 0 Å². The van der Waals surface area contributed by atoms with Crippen molar-refractivity contribution in [3.63, 3.8) is 0 Å². The molecule has 1 aromatic rings. The molecule has 0 spiro atoms. The highest BCUT2D eigenvalue weighted by Crippen LogP contribution is 2.19. The number of hydrogen-bond acceptors (Lipinski definition) is 3. The second-order valence-corrected chi connectivity index (χ2v) is 4.73. The number of rotatable bonds is 7. The van der Waals surface area contributed by atoms with Gasteiger partial charge in [0.2, 0.25) is 0 Å². The lowest BCUT2D eigenvalue weighted by Gasteiger charge is -2.16. The van der Waals surface area contributed by atoms with E-state index in [4.69, 9.17) is 10.6 Å². The van der Waals surface area contributed by atoms with Crippen LogP contribution in [0.25, 0.3) is 0 Å². The molecule has 0 aliphatic heterocycles. The van der Waals surface area contributed by atoms with Gasteiger partial charge in [-0.1, -0.05) is 22.9 Å². The Morgan fingerprint density at radius 2 is 2.29 bits per heavy atom. The summed E-state index contributed by atoms with van der Waals surface area (Å²) in [6, 6.07) is 4.62. The molecule has 17 heavy (non-hydrogen) atoms. The van der Waals surface area contributed by atoms with Gasteiger partial charge >= 0.3 is 0 Å². The minimum Gasteiger partial charge on any atom is -0.380 e. The normalized spacial score (nSPS) is 12.7. The highest BCUT2D eigenvalue weighted by atomic mass is 79.9. The van der Waals surface area contributed by atoms with Crippen molar-refractivity contribution in [1.29, 1.82) is 0 Å². The fraction of sp³-hybridized carbons (Fsp3) is 0.500. The first-order chi connectivity index (χ1) is 8.17. The molecular formula is C12H18BrFN2O. The van der Waals surface area contributed by atoms with Crippen LogP contribution in [0.3, 0.4) is 0 Å². The molecule has 5 heteroatoms. The maximum Gasteiger partial charge on any atom is 0.123 e. The molecule has 96 valence electrons. The van der Waals surface area contributed by atoms with E-state index in [-0.39, 0.29) is 11.9 Å². The topological polar surface area (TPSA) is 47.3 Å². The second-order valence-electron chi connectivity index (χ2n) is 3.88. The second kappa shape index (κ2) is 7.76. The molecule has 1 rings (SSSR count). The molecule has 0 amide bonds. The average molecular weight is 305 g/mol. The largest absolute Gasteiger partial charge is 0.380 e. The van der Waals surface area contributed by atoms with Crippen molar-refractivity contribution in [3.05, 3.63) is 34.1 Å². The smallest absolute Gasteiger partial charge is 0.123 e. The molecule has 0 radical (unpaired) electrons. The summed E-state index contributed by atoms with van der Waals surface area (Å²) in [5.41, 5.74) is 3.57. The first-order valence-electron chi connectivity index (χ1n) is 5.65. The monoisotopic (exact) mass is 304 g/mol. The lowest BCUT2D eigenvalue weighted by atomic mass is 10.1. The predicted molar refractivity (Wildman–Crippen MR) is 70.0 cm³/mol. The Kier molecular flexibility index (Phi) is 6.65. The van der Waals surface area contributed by atoms with Crippen molar-refractivity contribution in [2.45, 2.75) is 25.8 Å². The zero-order chi connectivity index (χ0) is 12.7. The standard InChI is InChI=1S/C12H18BrFN2O/c1-2-5-17-8-11(16-15)7-9-6-10(14)3-4-12(9)13/h3-4,6,11,16H,2,5,7-8,15H2,1H3. The van der Waals surface area contributed by atoms with Gasteiger partial charge in [0.1, 0.15) is 5.82 Å². The highest BCUT2D eigenvalue weighted by molar-refractivity contribution is 9.10. The van der Waals surface area contributed by atoms with Gasteiger partial charge in [-0.15, -0.1) is 0 Å². The van der Waals surface area contributed by atoms with Gasteiger partial charge in [0.25, 0.3) is 0 Å². The average Bonchev–Trinajstić information content (AvgIpc) is 2.32. The quantitative estimate of drug-likeness (QED) is 0.462. The summed E-state index contributed by atoms with van der Waals surface area (Å²) in [7, 11) is 0. The van der Waals surface area contributed by atoms with Crippen molar-refractivity contribution >= 4 is 15.9 Å². The van der Waals surface area contributed by atoms with Crippen LogP contribution in [0.15, 0.2) is 22.7 Å². The van der Waals surface area contributed by atoms with Gasteiger partial charge in [-0.3, -0.25) is 11.3 Å². The van der Waals surface area contributed by atoms with Gasteiger partial charge in [-0.05, 0) is 36.6 Å². The fourth-order valence-corrected chi connectivity index (χ4v) is 1.91.